The van der Waals surface area contributed by atoms with Crippen molar-refractivity contribution in [1.82, 2.24) is 0 Å². The fourth-order valence-electron chi connectivity index (χ4n) is 0.943. The Kier molecular flexibility index (Phi) is 2.16. The van der Waals surface area contributed by atoms with E-state index in [0.717, 1.165) is 6.04 Å². The van der Waals surface area contributed by atoms with Crippen molar-refractivity contribution in [3.05, 3.63) is 0 Å². The molecule has 0 spiro atoms. The zero-order valence-corrected chi connectivity index (χ0v) is 7.44. The van der Waals surface area contributed by atoms with Gasteiger partial charge in [-0.2, -0.15) is 0 Å². The van der Waals surface area contributed by atoms with Crippen LogP contribution in [-0.2, 0) is 8.85 Å². The van der Waals surface area contributed by atoms with Crippen molar-refractivity contribution in [3.8, 4) is 0 Å². The summed E-state index contributed by atoms with van der Waals surface area (Å²) in [5.74, 6) is 0. The first-order chi connectivity index (χ1) is 4.16. The Bertz CT molecular complexity index is 97.6. The Morgan fingerprint density at radius 3 is 2.78 bits per heavy atom. The smallest absolute Gasteiger partial charge is 0.383 e. The highest BCUT2D eigenvalue weighted by molar-refractivity contribution is 7.14. The van der Waals surface area contributed by atoms with Crippen molar-refractivity contribution in [3.63, 3.8) is 0 Å². The van der Waals surface area contributed by atoms with Crippen LogP contribution in [0.15, 0.2) is 0 Å². The van der Waals surface area contributed by atoms with Crippen molar-refractivity contribution in [2.24, 2.45) is 0 Å². The predicted molar refractivity (Wildman–Crippen MR) is 38.6 cm³/mol. The molecule has 1 aliphatic heterocycles. The normalized spacial score (nSPS) is 42.3. The number of hydrogen-bond donors (Lipinski definition) is 0. The summed E-state index contributed by atoms with van der Waals surface area (Å²) >= 11 is 5.90. The summed E-state index contributed by atoms with van der Waals surface area (Å²) < 4.78 is 10.5. The molecule has 54 valence electrons. The third-order valence-electron chi connectivity index (χ3n) is 1.27. The standard InChI is InChI=1S/C5H11ClO2Si/c1-3-7-9(6)4-5(2)8-9/h5H,3-4H2,1-2H3. The lowest BCUT2D eigenvalue weighted by Crippen LogP contribution is -2.51. The molecule has 0 saturated carbocycles. The molecule has 0 amide bonds. The molecule has 2 atom stereocenters. The highest BCUT2D eigenvalue weighted by Crippen LogP contribution is 2.33. The summed E-state index contributed by atoms with van der Waals surface area (Å²) in [6.45, 7) is 4.61. The van der Waals surface area contributed by atoms with Crippen molar-refractivity contribution >= 4 is 18.9 Å². The predicted octanol–water partition coefficient (Wildman–Crippen LogP) is 1.62. The average Bonchev–Trinajstić information content (AvgIpc) is 1.62. The van der Waals surface area contributed by atoms with Gasteiger partial charge in [0.05, 0.1) is 0 Å². The van der Waals surface area contributed by atoms with Crippen LogP contribution in [-0.4, -0.2) is 20.6 Å². The maximum absolute atomic E-state index is 5.90. The van der Waals surface area contributed by atoms with Crippen molar-refractivity contribution in [2.75, 3.05) is 6.61 Å². The zero-order valence-electron chi connectivity index (χ0n) is 5.69. The molecular weight excluding hydrogens is 156 g/mol. The molecule has 9 heavy (non-hydrogen) atoms. The summed E-state index contributed by atoms with van der Waals surface area (Å²) in [5.41, 5.74) is 0. The SMILES string of the molecule is CCO[Si]1(Cl)CC(C)O1. The van der Waals surface area contributed by atoms with Crippen LogP contribution in [0.25, 0.3) is 0 Å². The van der Waals surface area contributed by atoms with Crippen LogP contribution in [0.3, 0.4) is 0 Å². The number of hydrogen-bond acceptors (Lipinski definition) is 2. The minimum atomic E-state index is -2.09. The summed E-state index contributed by atoms with van der Waals surface area (Å²) in [6, 6.07) is 0.933. The molecule has 1 aliphatic rings. The lowest BCUT2D eigenvalue weighted by Gasteiger charge is -2.37. The van der Waals surface area contributed by atoms with Gasteiger partial charge in [-0.15, -0.1) is 0 Å². The molecule has 0 aromatic carbocycles. The van der Waals surface area contributed by atoms with Gasteiger partial charge in [0.1, 0.15) is 0 Å². The van der Waals surface area contributed by atoms with Crippen LogP contribution >= 0.6 is 11.1 Å². The second-order valence-electron chi connectivity index (χ2n) is 2.23. The van der Waals surface area contributed by atoms with Gasteiger partial charge < -0.3 is 8.85 Å². The minimum Gasteiger partial charge on any atom is -0.383 e. The summed E-state index contributed by atoms with van der Waals surface area (Å²) in [6.07, 6.45) is 0.320. The van der Waals surface area contributed by atoms with E-state index in [2.05, 4.69) is 0 Å². The molecule has 0 N–H and O–H groups in total. The number of halogens is 1. The molecule has 0 aromatic heterocycles. The van der Waals surface area contributed by atoms with Crippen molar-refractivity contribution < 1.29 is 8.85 Å². The van der Waals surface area contributed by atoms with Crippen LogP contribution in [0.1, 0.15) is 13.8 Å². The van der Waals surface area contributed by atoms with Crippen molar-refractivity contribution in [2.45, 2.75) is 26.0 Å². The monoisotopic (exact) mass is 166 g/mol. The van der Waals surface area contributed by atoms with Crippen LogP contribution < -0.4 is 0 Å². The van der Waals surface area contributed by atoms with E-state index >= 15 is 0 Å². The first kappa shape index (κ1) is 7.53. The molecule has 4 heteroatoms. The van der Waals surface area contributed by atoms with Gasteiger partial charge in [0.25, 0.3) is 0 Å². The van der Waals surface area contributed by atoms with Gasteiger partial charge in [0, 0.05) is 18.8 Å². The second-order valence-corrected chi connectivity index (χ2v) is 6.21. The molecule has 0 aliphatic carbocycles. The fraction of sp³-hybridized carbons (Fsp3) is 1.00. The van der Waals surface area contributed by atoms with E-state index in [1.54, 1.807) is 0 Å². The average molecular weight is 167 g/mol. The van der Waals surface area contributed by atoms with Gasteiger partial charge in [-0.25, -0.2) is 0 Å². The minimum absolute atomic E-state index is 0.320. The van der Waals surface area contributed by atoms with E-state index in [1.807, 2.05) is 13.8 Å². The van der Waals surface area contributed by atoms with E-state index in [1.165, 1.54) is 0 Å². The first-order valence-electron chi connectivity index (χ1n) is 3.17. The van der Waals surface area contributed by atoms with Crippen LogP contribution in [0, 0.1) is 0 Å². The molecule has 0 radical (unpaired) electrons. The van der Waals surface area contributed by atoms with E-state index < -0.39 is 7.87 Å². The molecule has 0 aromatic rings. The second kappa shape index (κ2) is 2.58. The molecular formula is C5H11ClO2Si. The highest BCUT2D eigenvalue weighted by atomic mass is 35.6. The third kappa shape index (κ3) is 1.67. The zero-order chi connectivity index (χ0) is 6.91. The lowest BCUT2D eigenvalue weighted by molar-refractivity contribution is 0.0902. The van der Waals surface area contributed by atoms with Gasteiger partial charge in [0.2, 0.25) is 0 Å². The third-order valence-corrected chi connectivity index (χ3v) is 4.86. The summed E-state index contributed by atoms with van der Waals surface area (Å²) in [7, 11) is -2.09. The maximum Gasteiger partial charge on any atom is 0.445 e. The van der Waals surface area contributed by atoms with Gasteiger partial charge >= 0.3 is 7.87 Å². The lowest BCUT2D eigenvalue weighted by atomic mass is 10.5. The van der Waals surface area contributed by atoms with E-state index in [9.17, 15) is 0 Å². The fourth-order valence-corrected chi connectivity index (χ4v) is 4.26. The first-order valence-corrected chi connectivity index (χ1v) is 6.20. The summed E-state index contributed by atoms with van der Waals surface area (Å²) in [4.78, 5) is 0. The molecule has 0 bridgehead atoms. The molecule has 1 fully saturated rings. The maximum atomic E-state index is 5.90. The Balaban J connectivity index is 2.23. The van der Waals surface area contributed by atoms with Gasteiger partial charge in [-0.1, -0.05) is 11.1 Å². The molecule has 1 heterocycles. The van der Waals surface area contributed by atoms with E-state index in [4.69, 9.17) is 19.9 Å². The Hall–Kier alpha value is 0.427. The Labute approximate surface area is 61.1 Å². The number of rotatable bonds is 2. The van der Waals surface area contributed by atoms with Crippen molar-refractivity contribution in [1.29, 1.82) is 0 Å². The van der Waals surface area contributed by atoms with Crippen LogP contribution in [0.5, 0.6) is 0 Å². The molecule has 2 nitrogen and oxygen atoms in total. The van der Waals surface area contributed by atoms with E-state index in [0.29, 0.717) is 12.7 Å². The van der Waals surface area contributed by atoms with Crippen LogP contribution in [0.2, 0.25) is 6.04 Å². The van der Waals surface area contributed by atoms with Crippen LogP contribution in [0.4, 0.5) is 0 Å². The van der Waals surface area contributed by atoms with Gasteiger partial charge in [-0.05, 0) is 13.8 Å². The molecule has 1 saturated heterocycles. The van der Waals surface area contributed by atoms with Gasteiger partial charge in [0.15, 0.2) is 0 Å². The van der Waals surface area contributed by atoms with Gasteiger partial charge in [-0.3, -0.25) is 0 Å². The Morgan fingerprint density at radius 2 is 2.44 bits per heavy atom. The Morgan fingerprint density at radius 1 is 1.89 bits per heavy atom. The molecule has 2 unspecified atom stereocenters. The largest absolute Gasteiger partial charge is 0.445 e. The summed E-state index contributed by atoms with van der Waals surface area (Å²) in [5, 5.41) is 0. The topological polar surface area (TPSA) is 18.5 Å². The quantitative estimate of drug-likeness (QED) is 0.459. The highest BCUT2D eigenvalue weighted by Gasteiger charge is 2.48. The molecule has 1 rings (SSSR count). The van der Waals surface area contributed by atoms with E-state index in [-0.39, 0.29) is 0 Å².